The van der Waals surface area contributed by atoms with Crippen LogP contribution in [0.1, 0.15) is 25.1 Å². The number of hydrogen-bond donors (Lipinski definition) is 1. The van der Waals surface area contributed by atoms with Gasteiger partial charge in [-0.25, -0.2) is 13.2 Å². The molecule has 0 atom stereocenters. The second-order valence-corrected chi connectivity index (χ2v) is 9.01. The van der Waals surface area contributed by atoms with Crippen molar-refractivity contribution in [2.45, 2.75) is 31.8 Å². The molecule has 2 heterocycles. The van der Waals surface area contributed by atoms with Gasteiger partial charge in [-0.05, 0) is 19.1 Å². The van der Waals surface area contributed by atoms with Gasteiger partial charge in [-0.2, -0.15) is 4.68 Å². The van der Waals surface area contributed by atoms with Gasteiger partial charge < -0.3 is 9.64 Å². The predicted octanol–water partition coefficient (Wildman–Crippen LogP) is 3.36. The Bertz CT molecular complexity index is 1320. The summed E-state index contributed by atoms with van der Waals surface area (Å²) in [6.45, 7) is 3.43. The first-order chi connectivity index (χ1) is 14.7. The number of halogens is 1. The number of amides is 1. The molecule has 11 heteroatoms. The van der Waals surface area contributed by atoms with Crippen LogP contribution in [0.4, 0.5) is 10.6 Å². The third-order valence-electron chi connectivity index (χ3n) is 5.01. The summed E-state index contributed by atoms with van der Waals surface area (Å²) in [4.78, 5) is 25.7. The van der Waals surface area contributed by atoms with Crippen molar-refractivity contribution in [3.63, 3.8) is 0 Å². The smallest absolute Gasteiger partial charge is 0.435 e. The number of benzene rings is 2. The molecule has 1 amide bonds. The molecule has 0 spiro atoms. The highest BCUT2D eigenvalue weighted by Crippen LogP contribution is 2.33. The quantitative estimate of drug-likeness (QED) is 0.636. The van der Waals surface area contributed by atoms with Crippen molar-refractivity contribution in [1.82, 2.24) is 14.7 Å². The third kappa shape index (κ3) is 3.72. The van der Waals surface area contributed by atoms with Crippen molar-refractivity contribution in [3.8, 4) is 0 Å². The number of fused-ring (bicyclic) bond motifs is 2. The highest BCUT2D eigenvalue weighted by atomic mass is 35.5. The minimum absolute atomic E-state index is 0.0216. The third-order valence-corrected chi connectivity index (χ3v) is 6.74. The Kier molecular flexibility index (Phi) is 5.36. The summed E-state index contributed by atoms with van der Waals surface area (Å²) < 4.78 is 35.0. The van der Waals surface area contributed by atoms with Gasteiger partial charge in [0.1, 0.15) is 0 Å². The number of nitrogens with zero attached hydrogens (tertiary/aromatic N) is 3. The van der Waals surface area contributed by atoms with Gasteiger partial charge in [0.15, 0.2) is 5.82 Å². The van der Waals surface area contributed by atoms with Gasteiger partial charge >= 0.3 is 6.09 Å². The Balaban J connectivity index is 1.78. The maximum atomic E-state index is 13.2. The summed E-state index contributed by atoms with van der Waals surface area (Å²) in [5.74, 6) is -0.227. The molecule has 3 aromatic rings. The van der Waals surface area contributed by atoms with Crippen LogP contribution >= 0.6 is 11.6 Å². The number of carbonyl (C=O) groups is 2. The standard InChI is InChI=1S/C20H19ClN4O5S/c1-3-30-20(27)25-17-11-24(12(2)26)10-15(17)19(22-25)23-31(28,29)18-9-5-6-13-14(18)7-4-8-16(13)21/h4-9H,3,10-11H2,1-2H3,(H,22,23). The number of hydrogen-bond acceptors (Lipinski definition) is 6. The average molecular weight is 463 g/mol. The molecule has 31 heavy (non-hydrogen) atoms. The van der Waals surface area contributed by atoms with Crippen molar-refractivity contribution in [3.05, 3.63) is 52.7 Å². The first kappa shape index (κ1) is 21.1. The fraction of sp³-hybridized carbons (Fsp3) is 0.250. The lowest BCUT2D eigenvalue weighted by molar-refractivity contribution is -0.129. The maximum absolute atomic E-state index is 13.2. The summed E-state index contributed by atoms with van der Waals surface area (Å²) >= 11 is 6.21. The first-order valence-corrected chi connectivity index (χ1v) is 11.3. The lowest BCUT2D eigenvalue weighted by atomic mass is 10.1. The molecule has 1 N–H and O–H groups in total. The van der Waals surface area contributed by atoms with E-state index in [1.165, 1.54) is 17.9 Å². The van der Waals surface area contributed by atoms with Gasteiger partial charge in [-0.1, -0.05) is 35.9 Å². The van der Waals surface area contributed by atoms with E-state index in [9.17, 15) is 18.0 Å². The molecular weight excluding hydrogens is 444 g/mol. The molecule has 9 nitrogen and oxygen atoms in total. The molecule has 0 bridgehead atoms. The Hall–Kier alpha value is -3.11. The minimum Gasteiger partial charge on any atom is -0.448 e. The van der Waals surface area contributed by atoms with E-state index < -0.39 is 16.1 Å². The average Bonchev–Trinajstić information content (AvgIpc) is 3.29. The number of carbonyl (C=O) groups excluding carboxylic acids is 2. The molecule has 2 aromatic carbocycles. The zero-order valence-corrected chi connectivity index (χ0v) is 18.3. The van der Waals surface area contributed by atoms with Crippen LogP contribution in [0.2, 0.25) is 5.02 Å². The van der Waals surface area contributed by atoms with Crippen LogP contribution in [0.3, 0.4) is 0 Å². The molecule has 1 aliphatic heterocycles. The molecule has 0 radical (unpaired) electrons. The van der Waals surface area contributed by atoms with E-state index in [2.05, 4.69) is 9.82 Å². The Morgan fingerprint density at radius 3 is 2.58 bits per heavy atom. The van der Waals surface area contributed by atoms with Crippen LogP contribution in [0.5, 0.6) is 0 Å². The fourth-order valence-electron chi connectivity index (χ4n) is 3.54. The molecule has 0 fully saturated rings. The van der Waals surface area contributed by atoms with Crippen molar-refractivity contribution >= 4 is 50.2 Å². The van der Waals surface area contributed by atoms with Gasteiger partial charge in [0, 0.05) is 28.3 Å². The number of aromatic nitrogens is 2. The van der Waals surface area contributed by atoms with Gasteiger partial charge in [0.05, 0.1) is 30.3 Å². The lowest BCUT2D eigenvalue weighted by Crippen LogP contribution is -2.25. The second-order valence-electron chi connectivity index (χ2n) is 6.96. The summed E-state index contributed by atoms with van der Waals surface area (Å²) in [7, 11) is -4.08. The number of anilines is 1. The molecule has 0 saturated heterocycles. The van der Waals surface area contributed by atoms with Crippen LogP contribution < -0.4 is 4.72 Å². The molecule has 162 valence electrons. The Labute approximate surface area is 183 Å². The normalized spacial score (nSPS) is 13.3. The first-order valence-electron chi connectivity index (χ1n) is 9.46. The molecule has 0 saturated carbocycles. The lowest BCUT2D eigenvalue weighted by Gasteiger charge is -2.14. The number of rotatable bonds is 4. The number of nitrogens with one attached hydrogen (secondary N) is 1. The molecule has 0 aliphatic carbocycles. The fourth-order valence-corrected chi connectivity index (χ4v) is 5.03. The van der Waals surface area contributed by atoms with Crippen LogP contribution in [-0.2, 0) is 32.6 Å². The van der Waals surface area contributed by atoms with Crippen LogP contribution in [0, 0.1) is 0 Å². The Morgan fingerprint density at radius 2 is 1.87 bits per heavy atom. The van der Waals surface area contributed by atoms with Crippen molar-refractivity contribution < 1.29 is 22.7 Å². The van der Waals surface area contributed by atoms with E-state index in [1.807, 2.05) is 0 Å². The van der Waals surface area contributed by atoms with Crippen LogP contribution in [-0.4, -0.2) is 41.7 Å². The summed E-state index contributed by atoms with van der Waals surface area (Å²) in [6, 6.07) is 9.80. The molecule has 1 aliphatic rings. The second kappa shape index (κ2) is 7.86. The van der Waals surface area contributed by atoms with Crippen molar-refractivity contribution in [2.24, 2.45) is 0 Å². The van der Waals surface area contributed by atoms with E-state index in [0.29, 0.717) is 27.1 Å². The largest absolute Gasteiger partial charge is 0.448 e. The van der Waals surface area contributed by atoms with Gasteiger partial charge in [-0.3, -0.25) is 9.52 Å². The highest BCUT2D eigenvalue weighted by molar-refractivity contribution is 7.93. The zero-order chi connectivity index (χ0) is 22.3. The topological polar surface area (TPSA) is 111 Å². The highest BCUT2D eigenvalue weighted by Gasteiger charge is 2.33. The summed E-state index contributed by atoms with van der Waals surface area (Å²) in [6.07, 6.45) is -0.744. The van der Waals surface area contributed by atoms with Gasteiger partial charge in [0.25, 0.3) is 10.0 Å². The van der Waals surface area contributed by atoms with Crippen LogP contribution in [0.25, 0.3) is 10.8 Å². The SMILES string of the molecule is CCOC(=O)n1nc(NS(=O)(=O)c2cccc3c(Cl)cccc23)c2c1CN(C(C)=O)C2. The van der Waals surface area contributed by atoms with E-state index >= 15 is 0 Å². The maximum Gasteiger partial charge on any atom is 0.435 e. The zero-order valence-electron chi connectivity index (χ0n) is 16.8. The monoisotopic (exact) mass is 462 g/mol. The van der Waals surface area contributed by atoms with E-state index in [4.69, 9.17) is 16.3 Å². The van der Waals surface area contributed by atoms with Crippen LogP contribution in [0.15, 0.2) is 41.3 Å². The molecule has 1 aromatic heterocycles. The Morgan fingerprint density at radius 1 is 1.16 bits per heavy atom. The predicted molar refractivity (Wildman–Crippen MR) is 114 cm³/mol. The number of ether oxygens (including phenoxy) is 1. The van der Waals surface area contributed by atoms with Crippen molar-refractivity contribution in [1.29, 1.82) is 0 Å². The number of sulfonamides is 1. The summed E-state index contributed by atoms with van der Waals surface area (Å²) in [5.41, 5.74) is 0.859. The van der Waals surface area contributed by atoms with Gasteiger partial charge in [0.2, 0.25) is 5.91 Å². The van der Waals surface area contributed by atoms with Crippen molar-refractivity contribution in [2.75, 3.05) is 11.3 Å². The molecule has 0 unspecified atom stereocenters. The van der Waals surface area contributed by atoms with E-state index in [-0.39, 0.29) is 36.3 Å². The van der Waals surface area contributed by atoms with E-state index in [1.54, 1.807) is 37.3 Å². The molecule has 4 rings (SSSR count). The van der Waals surface area contributed by atoms with E-state index in [0.717, 1.165) is 4.68 Å². The summed E-state index contributed by atoms with van der Waals surface area (Å²) in [5, 5.41) is 5.62. The van der Waals surface area contributed by atoms with Gasteiger partial charge in [-0.15, -0.1) is 5.10 Å². The minimum atomic E-state index is -4.08. The molecular formula is C20H19ClN4O5S.